The van der Waals surface area contributed by atoms with Crippen LogP contribution in [0.4, 0.5) is 0 Å². The first-order valence-corrected chi connectivity index (χ1v) is 8.42. The minimum absolute atomic E-state index is 0.0780. The molecule has 0 aromatic heterocycles. The number of nitrogens with zero attached hydrogens (tertiary/aromatic N) is 1. The fourth-order valence-corrected chi connectivity index (χ4v) is 2.90. The number of amides is 2. The van der Waals surface area contributed by atoms with Crippen LogP contribution in [-0.4, -0.2) is 41.5 Å². The van der Waals surface area contributed by atoms with Gasteiger partial charge >= 0.3 is 0 Å². The van der Waals surface area contributed by atoms with Gasteiger partial charge in [-0.2, -0.15) is 0 Å². The highest BCUT2D eigenvalue weighted by Gasteiger charge is 2.16. The zero-order valence-corrected chi connectivity index (χ0v) is 14.1. The Morgan fingerprint density at radius 2 is 1.86 bits per heavy atom. The summed E-state index contributed by atoms with van der Waals surface area (Å²) in [5.41, 5.74) is 0.213. The van der Waals surface area contributed by atoms with Gasteiger partial charge in [-0.25, -0.2) is 0 Å². The van der Waals surface area contributed by atoms with Crippen LogP contribution in [0.3, 0.4) is 0 Å². The van der Waals surface area contributed by atoms with Crippen LogP contribution in [0.1, 0.15) is 42.5 Å². The number of halogens is 1. The van der Waals surface area contributed by atoms with Crippen LogP contribution in [0.25, 0.3) is 0 Å². The predicted octanol–water partition coefficient (Wildman–Crippen LogP) is 2.68. The van der Waals surface area contributed by atoms with Crippen molar-refractivity contribution >= 4 is 27.7 Å². The topological polar surface area (TPSA) is 69.6 Å². The first-order chi connectivity index (χ1) is 10.6. The predicted molar refractivity (Wildman–Crippen MR) is 87.8 cm³/mol. The van der Waals surface area contributed by atoms with Crippen LogP contribution in [0.2, 0.25) is 0 Å². The van der Waals surface area contributed by atoms with Crippen LogP contribution in [0, 0.1) is 0 Å². The minimum atomic E-state index is -0.367. The molecule has 1 aromatic carbocycles. The van der Waals surface area contributed by atoms with E-state index in [1.807, 2.05) is 4.90 Å². The van der Waals surface area contributed by atoms with Gasteiger partial charge in [0.05, 0.1) is 5.56 Å². The second-order valence-corrected chi connectivity index (χ2v) is 6.38. The van der Waals surface area contributed by atoms with Crippen molar-refractivity contribution in [2.24, 2.45) is 0 Å². The molecule has 1 aliphatic rings. The molecule has 1 aliphatic heterocycles. The van der Waals surface area contributed by atoms with Gasteiger partial charge in [0, 0.05) is 30.5 Å². The summed E-state index contributed by atoms with van der Waals surface area (Å²) in [5, 5.41) is 12.4. The summed E-state index contributed by atoms with van der Waals surface area (Å²) >= 11 is 3.23. The molecule has 0 radical (unpaired) electrons. The Hall–Kier alpha value is -1.56. The maximum atomic E-state index is 12.1. The van der Waals surface area contributed by atoms with Crippen molar-refractivity contribution in [1.29, 1.82) is 0 Å². The van der Waals surface area contributed by atoms with Crippen molar-refractivity contribution in [3.8, 4) is 5.75 Å². The van der Waals surface area contributed by atoms with Gasteiger partial charge in [-0.1, -0.05) is 28.8 Å². The molecule has 1 fully saturated rings. The molecule has 0 spiro atoms. The molecule has 0 atom stereocenters. The second kappa shape index (κ2) is 8.17. The number of hydrogen-bond acceptors (Lipinski definition) is 3. The molecule has 0 unspecified atom stereocenters. The summed E-state index contributed by atoms with van der Waals surface area (Å²) in [6.07, 6.45) is 4.78. The lowest BCUT2D eigenvalue weighted by Gasteiger charge is -2.20. The first kappa shape index (κ1) is 16.8. The van der Waals surface area contributed by atoms with Crippen LogP contribution in [0.5, 0.6) is 5.75 Å². The third kappa shape index (κ3) is 4.73. The number of nitrogens with one attached hydrogen (secondary N) is 1. The SMILES string of the molecule is O=C(NCCC(=O)N1CCCCCC1)c1ccc(Br)cc1O. The number of rotatable bonds is 4. The molecule has 120 valence electrons. The van der Waals surface area contributed by atoms with Crippen molar-refractivity contribution in [2.45, 2.75) is 32.1 Å². The Kier molecular flexibility index (Phi) is 6.24. The smallest absolute Gasteiger partial charge is 0.255 e. The van der Waals surface area contributed by atoms with E-state index in [0.717, 1.165) is 25.9 Å². The standard InChI is InChI=1S/C16H21BrN2O3/c17-12-5-6-13(14(20)11-12)16(22)18-8-7-15(21)19-9-3-1-2-4-10-19/h5-6,11,20H,1-4,7-10H2,(H,18,22). The van der Waals surface area contributed by atoms with Crippen molar-refractivity contribution in [1.82, 2.24) is 10.2 Å². The van der Waals surface area contributed by atoms with E-state index in [1.54, 1.807) is 12.1 Å². The van der Waals surface area contributed by atoms with E-state index in [0.29, 0.717) is 10.9 Å². The average molecular weight is 369 g/mol. The van der Waals surface area contributed by atoms with Gasteiger partial charge in [0.25, 0.3) is 5.91 Å². The zero-order valence-electron chi connectivity index (χ0n) is 12.5. The first-order valence-electron chi connectivity index (χ1n) is 7.62. The number of carbonyl (C=O) groups excluding carboxylic acids is 2. The Morgan fingerprint density at radius 3 is 2.50 bits per heavy atom. The quantitative estimate of drug-likeness (QED) is 0.858. The molecule has 22 heavy (non-hydrogen) atoms. The molecular formula is C16H21BrN2O3. The fourth-order valence-electron chi connectivity index (χ4n) is 2.55. The van der Waals surface area contributed by atoms with E-state index in [2.05, 4.69) is 21.2 Å². The number of hydrogen-bond donors (Lipinski definition) is 2. The van der Waals surface area contributed by atoms with Crippen LogP contribution < -0.4 is 5.32 Å². The van der Waals surface area contributed by atoms with Crippen molar-refractivity contribution in [3.63, 3.8) is 0 Å². The Morgan fingerprint density at radius 1 is 1.18 bits per heavy atom. The number of aromatic hydroxyl groups is 1. The molecule has 5 nitrogen and oxygen atoms in total. The number of phenols is 1. The third-order valence-corrected chi connectivity index (χ3v) is 4.28. The molecule has 6 heteroatoms. The van der Waals surface area contributed by atoms with Crippen LogP contribution in [0.15, 0.2) is 22.7 Å². The van der Waals surface area contributed by atoms with E-state index in [4.69, 9.17) is 0 Å². The van der Waals surface area contributed by atoms with Gasteiger partial charge in [-0.15, -0.1) is 0 Å². The highest BCUT2D eigenvalue weighted by molar-refractivity contribution is 9.10. The van der Waals surface area contributed by atoms with Crippen molar-refractivity contribution in [2.75, 3.05) is 19.6 Å². The maximum absolute atomic E-state index is 12.1. The van der Waals surface area contributed by atoms with E-state index >= 15 is 0 Å². The fraction of sp³-hybridized carbons (Fsp3) is 0.500. The summed E-state index contributed by atoms with van der Waals surface area (Å²) < 4.78 is 0.706. The monoisotopic (exact) mass is 368 g/mol. The molecule has 2 N–H and O–H groups in total. The van der Waals surface area contributed by atoms with Crippen LogP contribution in [-0.2, 0) is 4.79 Å². The summed E-state index contributed by atoms with van der Waals surface area (Å²) in [6.45, 7) is 1.92. The summed E-state index contributed by atoms with van der Waals surface area (Å²) in [6, 6.07) is 4.71. The molecule has 1 saturated heterocycles. The van der Waals surface area contributed by atoms with E-state index < -0.39 is 0 Å². The number of benzene rings is 1. The zero-order chi connectivity index (χ0) is 15.9. The van der Waals surface area contributed by atoms with Gasteiger partial charge in [-0.05, 0) is 31.0 Å². The van der Waals surface area contributed by atoms with Gasteiger partial charge in [-0.3, -0.25) is 9.59 Å². The highest BCUT2D eigenvalue weighted by Crippen LogP contribution is 2.22. The lowest BCUT2D eigenvalue weighted by Crippen LogP contribution is -2.35. The van der Waals surface area contributed by atoms with Crippen molar-refractivity contribution < 1.29 is 14.7 Å². The molecule has 1 aromatic rings. The Balaban J connectivity index is 1.80. The number of likely N-dealkylation sites (tertiary alicyclic amines) is 1. The lowest BCUT2D eigenvalue weighted by atomic mass is 10.2. The second-order valence-electron chi connectivity index (χ2n) is 5.46. The van der Waals surface area contributed by atoms with E-state index in [1.165, 1.54) is 18.9 Å². The van der Waals surface area contributed by atoms with Gasteiger partial charge < -0.3 is 15.3 Å². The lowest BCUT2D eigenvalue weighted by molar-refractivity contribution is -0.131. The molecule has 1 heterocycles. The largest absolute Gasteiger partial charge is 0.507 e. The average Bonchev–Trinajstić information content (AvgIpc) is 2.76. The Bertz CT molecular complexity index is 540. The van der Waals surface area contributed by atoms with E-state index in [-0.39, 0.29) is 29.7 Å². The molecule has 2 rings (SSSR count). The number of phenolic OH excluding ortho intramolecular Hbond substituents is 1. The van der Waals surface area contributed by atoms with E-state index in [9.17, 15) is 14.7 Å². The third-order valence-electron chi connectivity index (χ3n) is 3.79. The normalized spacial score (nSPS) is 15.2. The minimum Gasteiger partial charge on any atom is -0.507 e. The van der Waals surface area contributed by atoms with Crippen molar-refractivity contribution in [3.05, 3.63) is 28.2 Å². The summed E-state index contributed by atoms with van der Waals surface area (Å²) in [7, 11) is 0. The number of carbonyl (C=O) groups is 2. The van der Waals surface area contributed by atoms with Gasteiger partial charge in [0.2, 0.25) is 5.91 Å². The summed E-state index contributed by atoms with van der Waals surface area (Å²) in [5.74, 6) is -0.360. The van der Waals surface area contributed by atoms with Crippen LogP contribution >= 0.6 is 15.9 Å². The molecule has 0 saturated carbocycles. The molecule has 2 amide bonds. The van der Waals surface area contributed by atoms with Gasteiger partial charge in [0.1, 0.15) is 5.75 Å². The molecular weight excluding hydrogens is 348 g/mol. The van der Waals surface area contributed by atoms with Gasteiger partial charge in [0.15, 0.2) is 0 Å². The summed E-state index contributed by atoms with van der Waals surface area (Å²) in [4.78, 5) is 26.0. The maximum Gasteiger partial charge on any atom is 0.255 e. The highest BCUT2D eigenvalue weighted by atomic mass is 79.9. The Labute approximate surface area is 138 Å². The molecule has 0 aliphatic carbocycles. The molecule has 0 bridgehead atoms.